The van der Waals surface area contributed by atoms with Gasteiger partial charge in [-0.3, -0.25) is 4.79 Å². The lowest BCUT2D eigenvalue weighted by atomic mass is 9.92. The number of rotatable bonds is 5. The third-order valence-corrected chi connectivity index (χ3v) is 1.85. The summed E-state index contributed by atoms with van der Waals surface area (Å²) in [6.07, 6.45) is 1.09. The Kier molecular flexibility index (Phi) is 5.28. The number of ether oxygens (including phenoxy) is 1. The molecule has 12 heavy (non-hydrogen) atoms. The van der Waals surface area contributed by atoms with E-state index in [-0.39, 0.29) is 6.61 Å². The molecule has 0 radical (unpaired) electrons. The normalized spacial score (nSPS) is 14.9. The number of carbonyl (C=O) groups excluding carboxylic acids is 2. The second kappa shape index (κ2) is 5.71. The van der Waals surface area contributed by atoms with E-state index in [2.05, 4.69) is 4.74 Å². The molecule has 70 valence electrons. The van der Waals surface area contributed by atoms with Crippen molar-refractivity contribution in [2.75, 3.05) is 13.7 Å². The van der Waals surface area contributed by atoms with Crippen LogP contribution in [0.25, 0.3) is 0 Å². The molecule has 4 heteroatoms. The standard InChI is InChI=1S/C8H14O4/c1-3-7(8(11)12-2)6(4-9)5-10/h4,6-7,10H,3,5H2,1-2H3. The molecule has 2 atom stereocenters. The fourth-order valence-electron chi connectivity index (χ4n) is 1.06. The Morgan fingerprint density at radius 2 is 2.25 bits per heavy atom. The molecule has 1 N–H and O–H groups in total. The summed E-state index contributed by atoms with van der Waals surface area (Å²) in [6, 6.07) is 0. The minimum atomic E-state index is -0.637. The third kappa shape index (κ3) is 2.62. The molecule has 0 bridgehead atoms. The first-order chi connectivity index (χ1) is 5.71. The van der Waals surface area contributed by atoms with Gasteiger partial charge in [-0.15, -0.1) is 0 Å². The second-order valence-corrected chi connectivity index (χ2v) is 2.52. The SMILES string of the molecule is CCC(C(=O)OC)C(C=O)CO. The summed E-state index contributed by atoms with van der Waals surface area (Å²) < 4.78 is 4.48. The lowest BCUT2D eigenvalue weighted by molar-refractivity contribution is -0.149. The van der Waals surface area contributed by atoms with Crippen LogP contribution in [-0.4, -0.2) is 31.1 Å². The molecule has 0 aliphatic heterocycles. The molecule has 0 aromatic rings. The quantitative estimate of drug-likeness (QED) is 0.470. The van der Waals surface area contributed by atoms with Gasteiger partial charge in [0.15, 0.2) is 0 Å². The lowest BCUT2D eigenvalue weighted by Crippen LogP contribution is -2.28. The Morgan fingerprint density at radius 1 is 1.67 bits per heavy atom. The van der Waals surface area contributed by atoms with Gasteiger partial charge >= 0.3 is 5.97 Å². The maximum absolute atomic E-state index is 11.0. The zero-order chi connectivity index (χ0) is 9.56. The van der Waals surface area contributed by atoms with Gasteiger partial charge in [-0.25, -0.2) is 0 Å². The number of aliphatic hydroxyl groups excluding tert-OH is 1. The van der Waals surface area contributed by atoms with Crippen molar-refractivity contribution >= 4 is 12.3 Å². The highest BCUT2D eigenvalue weighted by molar-refractivity contribution is 5.76. The van der Waals surface area contributed by atoms with Crippen molar-refractivity contribution in [3.8, 4) is 0 Å². The Morgan fingerprint density at radius 3 is 2.50 bits per heavy atom. The number of hydrogen-bond acceptors (Lipinski definition) is 4. The average Bonchev–Trinajstić information content (AvgIpc) is 2.12. The molecule has 0 rings (SSSR count). The predicted molar refractivity (Wildman–Crippen MR) is 42.4 cm³/mol. The van der Waals surface area contributed by atoms with E-state index in [9.17, 15) is 9.59 Å². The van der Waals surface area contributed by atoms with E-state index in [1.165, 1.54) is 7.11 Å². The van der Waals surface area contributed by atoms with Crippen LogP contribution in [0, 0.1) is 11.8 Å². The van der Waals surface area contributed by atoms with Gasteiger partial charge in [0.05, 0.1) is 25.6 Å². The van der Waals surface area contributed by atoms with Crippen molar-refractivity contribution in [3.05, 3.63) is 0 Å². The van der Waals surface area contributed by atoms with Gasteiger partial charge < -0.3 is 14.6 Å². The molecule has 0 spiro atoms. The number of carbonyl (C=O) groups is 2. The summed E-state index contributed by atoms with van der Waals surface area (Å²) in [6.45, 7) is 1.46. The number of methoxy groups -OCH3 is 1. The smallest absolute Gasteiger partial charge is 0.309 e. The van der Waals surface area contributed by atoms with Crippen LogP contribution >= 0.6 is 0 Å². The van der Waals surface area contributed by atoms with Gasteiger partial charge in [0, 0.05) is 0 Å². The van der Waals surface area contributed by atoms with Gasteiger partial charge in [0.25, 0.3) is 0 Å². The highest BCUT2D eigenvalue weighted by atomic mass is 16.5. The first-order valence-electron chi connectivity index (χ1n) is 3.85. The second-order valence-electron chi connectivity index (χ2n) is 2.52. The maximum Gasteiger partial charge on any atom is 0.309 e. The Bertz CT molecular complexity index is 155. The molecular weight excluding hydrogens is 160 g/mol. The van der Waals surface area contributed by atoms with Gasteiger partial charge in [0.2, 0.25) is 0 Å². The van der Waals surface area contributed by atoms with Crippen LogP contribution in [0.5, 0.6) is 0 Å². The summed E-state index contributed by atoms with van der Waals surface area (Å²) in [4.78, 5) is 21.4. The van der Waals surface area contributed by atoms with Crippen LogP contribution in [0.3, 0.4) is 0 Å². The maximum atomic E-state index is 11.0. The van der Waals surface area contributed by atoms with Crippen LogP contribution in [0.1, 0.15) is 13.3 Å². The molecule has 0 aliphatic rings. The Hall–Kier alpha value is -0.900. The largest absolute Gasteiger partial charge is 0.469 e. The van der Waals surface area contributed by atoms with Gasteiger partial charge in [-0.05, 0) is 6.42 Å². The topological polar surface area (TPSA) is 63.6 Å². The van der Waals surface area contributed by atoms with E-state index in [0.717, 1.165) is 0 Å². The summed E-state index contributed by atoms with van der Waals surface area (Å²) >= 11 is 0. The summed E-state index contributed by atoms with van der Waals surface area (Å²) in [5.74, 6) is -1.59. The van der Waals surface area contributed by atoms with E-state index < -0.39 is 17.8 Å². The molecule has 0 heterocycles. The van der Waals surface area contributed by atoms with Crippen LogP contribution in [0.4, 0.5) is 0 Å². The molecule has 0 amide bonds. The monoisotopic (exact) mass is 174 g/mol. The zero-order valence-electron chi connectivity index (χ0n) is 7.32. The summed E-state index contributed by atoms with van der Waals surface area (Å²) in [5.41, 5.74) is 0. The highest BCUT2D eigenvalue weighted by Gasteiger charge is 2.26. The number of hydrogen-bond donors (Lipinski definition) is 1. The molecule has 0 aliphatic carbocycles. The fraction of sp³-hybridized carbons (Fsp3) is 0.750. The van der Waals surface area contributed by atoms with Crippen LogP contribution in [0.2, 0.25) is 0 Å². The Labute approximate surface area is 71.5 Å². The van der Waals surface area contributed by atoms with Crippen molar-refractivity contribution in [2.45, 2.75) is 13.3 Å². The third-order valence-electron chi connectivity index (χ3n) is 1.85. The molecule has 0 aromatic carbocycles. The number of aldehydes is 1. The summed E-state index contributed by atoms with van der Waals surface area (Å²) in [7, 11) is 1.27. The summed E-state index contributed by atoms with van der Waals surface area (Å²) in [5, 5.41) is 8.73. The zero-order valence-corrected chi connectivity index (χ0v) is 7.32. The van der Waals surface area contributed by atoms with E-state index in [1.54, 1.807) is 6.92 Å². The van der Waals surface area contributed by atoms with Crippen molar-refractivity contribution in [2.24, 2.45) is 11.8 Å². The predicted octanol–water partition coefficient (Wildman–Crippen LogP) is -0.00700. The van der Waals surface area contributed by atoms with Crippen molar-refractivity contribution in [1.29, 1.82) is 0 Å². The van der Waals surface area contributed by atoms with E-state index in [1.807, 2.05) is 0 Å². The number of aliphatic hydroxyl groups is 1. The highest BCUT2D eigenvalue weighted by Crippen LogP contribution is 2.14. The molecule has 0 saturated carbocycles. The van der Waals surface area contributed by atoms with E-state index >= 15 is 0 Å². The molecule has 0 aromatic heterocycles. The van der Waals surface area contributed by atoms with Crippen molar-refractivity contribution in [3.63, 3.8) is 0 Å². The first kappa shape index (κ1) is 11.1. The molecule has 0 fully saturated rings. The minimum absolute atomic E-state index is 0.308. The molecule has 0 saturated heterocycles. The molecular formula is C8H14O4. The van der Waals surface area contributed by atoms with Gasteiger partial charge in [0.1, 0.15) is 6.29 Å². The van der Waals surface area contributed by atoms with Gasteiger partial charge in [-0.1, -0.05) is 6.92 Å². The van der Waals surface area contributed by atoms with Crippen LogP contribution < -0.4 is 0 Å². The first-order valence-corrected chi connectivity index (χ1v) is 3.85. The average molecular weight is 174 g/mol. The fourth-order valence-corrected chi connectivity index (χ4v) is 1.06. The lowest BCUT2D eigenvalue weighted by Gasteiger charge is -2.16. The minimum Gasteiger partial charge on any atom is -0.469 e. The van der Waals surface area contributed by atoms with Crippen LogP contribution in [0.15, 0.2) is 0 Å². The van der Waals surface area contributed by atoms with Crippen molar-refractivity contribution < 1.29 is 19.4 Å². The van der Waals surface area contributed by atoms with Crippen LogP contribution in [-0.2, 0) is 14.3 Å². The number of esters is 1. The Balaban J connectivity index is 4.29. The molecule has 4 nitrogen and oxygen atoms in total. The van der Waals surface area contributed by atoms with Crippen molar-refractivity contribution in [1.82, 2.24) is 0 Å². The van der Waals surface area contributed by atoms with E-state index in [0.29, 0.717) is 12.7 Å². The van der Waals surface area contributed by atoms with Gasteiger partial charge in [-0.2, -0.15) is 0 Å². The van der Waals surface area contributed by atoms with E-state index in [4.69, 9.17) is 5.11 Å². The molecule has 2 unspecified atom stereocenters.